The number of benzene rings is 1. The zero-order chi connectivity index (χ0) is 26.0. The number of aromatic nitrogens is 1. The first kappa shape index (κ1) is 27.8. The average molecular weight is 510 g/mol. The van der Waals surface area contributed by atoms with Gasteiger partial charge in [0.25, 0.3) is 0 Å². The molecule has 0 aliphatic heterocycles. The maximum atomic E-state index is 14.4. The van der Waals surface area contributed by atoms with Crippen molar-refractivity contribution in [3.05, 3.63) is 59.8 Å². The van der Waals surface area contributed by atoms with E-state index in [2.05, 4.69) is 24.1 Å². The van der Waals surface area contributed by atoms with E-state index in [0.717, 1.165) is 42.1 Å². The predicted molar refractivity (Wildman–Crippen MR) is 149 cm³/mol. The summed E-state index contributed by atoms with van der Waals surface area (Å²) in [6.07, 6.45) is 25.5. The van der Waals surface area contributed by atoms with Gasteiger partial charge in [-0.25, -0.2) is 4.39 Å². The number of rotatable bonds is 11. The molecule has 2 saturated carbocycles. The third-order valence-corrected chi connectivity index (χ3v) is 8.97. The molecule has 0 bridgehead atoms. The molecule has 4 rings (SSSR count). The van der Waals surface area contributed by atoms with E-state index in [-0.39, 0.29) is 11.3 Å². The molecule has 1 aromatic heterocycles. The lowest BCUT2D eigenvalue weighted by Crippen LogP contribution is -2.25. The molecule has 0 unspecified atom stereocenters. The molecule has 4 heteroatoms. The fourth-order valence-corrected chi connectivity index (χ4v) is 6.60. The molecule has 0 spiro atoms. The second-order valence-electron chi connectivity index (χ2n) is 11.4. The van der Waals surface area contributed by atoms with E-state index < -0.39 is 11.6 Å². The zero-order valence-corrected chi connectivity index (χ0v) is 22.9. The van der Waals surface area contributed by atoms with Gasteiger partial charge >= 0.3 is 0 Å². The number of hydrogen-bond donors (Lipinski definition) is 0. The van der Waals surface area contributed by atoms with Crippen molar-refractivity contribution in [1.29, 1.82) is 0 Å². The molecule has 1 aromatic carbocycles. The Kier molecular flexibility index (Phi) is 10.6. The van der Waals surface area contributed by atoms with Crippen molar-refractivity contribution in [3.63, 3.8) is 0 Å². The summed E-state index contributed by atoms with van der Waals surface area (Å²) in [4.78, 5) is 4.38. The molecule has 0 amide bonds. The fourth-order valence-electron chi connectivity index (χ4n) is 6.60. The van der Waals surface area contributed by atoms with Gasteiger partial charge < -0.3 is 4.74 Å². The number of unbranched alkanes of at least 4 members (excludes halogenated alkanes) is 2. The largest absolute Gasteiger partial charge is 0.494 e. The summed E-state index contributed by atoms with van der Waals surface area (Å²) in [5.41, 5.74) is 1.69. The topological polar surface area (TPSA) is 22.1 Å². The van der Waals surface area contributed by atoms with Gasteiger partial charge in [-0.05, 0) is 98.8 Å². The van der Waals surface area contributed by atoms with Crippen LogP contribution < -0.4 is 4.74 Å². The van der Waals surface area contributed by atoms with Gasteiger partial charge in [-0.2, -0.15) is 4.39 Å². The number of halogens is 2. The molecule has 0 saturated heterocycles. The van der Waals surface area contributed by atoms with Crippen molar-refractivity contribution in [3.8, 4) is 17.0 Å². The SMILES string of the molecule is CCCCCC1CCC(C2CCC(/C=C/CCc3ccc(-c4ccc(OC)c(F)c4F)nc3)CC2)CC1. The minimum atomic E-state index is -0.977. The van der Waals surface area contributed by atoms with Crippen LogP contribution in [0.25, 0.3) is 11.3 Å². The van der Waals surface area contributed by atoms with Crippen molar-refractivity contribution in [2.45, 2.75) is 96.8 Å². The van der Waals surface area contributed by atoms with E-state index in [9.17, 15) is 8.78 Å². The van der Waals surface area contributed by atoms with Crippen LogP contribution in [0, 0.1) is 35.3 Å². The van der Waals surface area contributed by atoms with Crippen LogP contribution in [0.5, 0.6) is 5.75 Å². The third-order valence-electron chi connectivity index (χ3n) is 8.97. The second kappa shape index (κ2) is 14.1. The van der Waals surface area contributed by atoms with E-state index in [1.807, 2.05) is 6.07 Å². The highest BCUT2D eigenvalue weighted by Gasteiger charge is 2.30. The minimum absolute atomic E-state index is 0.0987. The van der Waals surface area contributed by atoms with Crippen molar-refractivity contribution < 1.29 is 13.5 Å². The molecule has 0 radical (unpaired) electrons. The normalized spacial score (nSPS) is 24.4. The quantitative estimate of drug-likeness (QED) is 0.222. The van der Waals surface area contributed by atoms with E-state index in [4.69, 9.17) is 4.74 Å². The van der Waals surface area contributed by atoms with Crippen LogP contribution in [-0.2, 0) is 6.42 Å². The molecule has 0 atom stereocenters. The lowest BCUT2D eigenvalue weighted by molar-refractivity contribution is 0.151. The van der Waals surface area contributed by atoms with Crippen LogP contribution in [0.15, 0.2) is 42.6 Å². The van der Waals surface area contributed by atoms with Crippen molar-refractivity contribution in [2.75, 3.05) is 7.11 Å². The highest BCUT2D eigenvalue weighted by atomic mass is 19.2. The number of nitrogens with zero attached hydrogens (tertiary/aromatic N) is 1. The highest BCUT2D eigenvalue weighted by Crippen LogP contribution is 2.42. The highest BCUT2D eigenvalue weighted by molar-refractivity contribution is 5.61. The van der Waals surface area contributed by atoms with E-state index in [1.165, 1.54) is 96.3 Å². The summed E-state index contributed by atoms with van der Waals surface area (Å²) in [6, 6.07) is 6.67. The predicted octanol–water partition coefficient (Wildman–Crippen LogP) is 9.72. The van der Waals surface area contributed by atoms with Gasteiger partial charge in [0.2, 0.25) is 5.82 Å². The molecule has 2 aliphatic carbocycles. The number of pyridine rings is 1. The lowest BCUT2D eigenvalue weighted by Gasteiger charge is -2.37. The summed E-state index contributed by atoms with van der Waals surface area (Å²) in [7, 11) is 1.32. The van der Waals surface area contributed by atoms with Gasteiger partial charge in [-0.3, -0.25) is 4.98 Å². The summed E-state index contributed by atoms with van der Waals surface area (Å²) in [6.45, 7) is 2.30. The van der Waals surface area contributed by atoms with Gasteiger partial charge in [0.05, 0.1) is 12.8 Å². The minimum Gasteiger partial charge on any atom is -0.494 e. The van der Waals surface area contributed by atoms with E-state index in [1.54, 1.807) is 12.3 Å². The number of ether oxygens (including phenoxy) is 1. The van der Waals surface area contributed by atoms with Crippen molar-refractivity contribution in [1.82, 2.24) is 4.98 Å². The molecular weight excluding hydrogens is 464 g/mol. The Bertz CT molecular complexity index is 986. The first-order valence-corrected chi connectivity index (χ1v) is 14.7. The van der Waals surface area contributed by atoms with Gasteiger partial charge in [-0.1, -0.05) is 63.7 Å². The summed E-state index contributed by atoms with van der Waals surface area (Å²) in [5.74, 6) is 1.71. The van der Waals surface area contributed by atoms with Gasteiger partial charge in [0, 0.05) is 11.8 Å². The molecule has 2 aliphatic rings. The third kappa shape index (κ3) is 7.65. The maximum Gasteiger partial charge on any atom is 0.201 e. The Labute approximate surface area is 222 Å². The summed E-state index contributed by atoms with van der Waals surface area (Å²) < 4.78 is 33.2. The smallest absolute Gasteiger partial charge is 0.201 e. The Morgan fingerprint density at radius 2 is 1.62 bits per heavy atom. The summed E-state index contributed by atoms with van der Waals surface area (Å²) >= 11 is 0. The van der Waals surface area contributed by atoms with Crippen molar-refractivity contribution >= 4 is 0 Å². The average Bonchev–Trinajstić information content (AvgIpc) is 2.94. The molecule has 0 N–H and O–H groups in total. The van der Waals surface area contributed by atoms with Crippen LogP contribution in [0.3, 0.4) is 0 Å². The fraction of sp³-hybridized carbons (Fsp3) is 0.606. The van der Waals surface area contributed by atoms with Crippen LogP contribution in [0.4, 0.5) is 8.78 Å². The Balaban J connectivity index is 1.16. The number of aryl methyl sites for hydroxylation is 1. The molecule has 2 aromatic rings. The molecular formula is C33H45F2NO. The lowest BCUT2D eigenvalue weighted by atomic mass is 9.68. The summed E-state index contributed by atoms with van der Waals surface area (Å²) in [5, 5.41) is 0. The van der Waals surface area contributed by atoms with Gasteiger partial charge in [-0.15, -0.1) is 0 Å². The monoisotopic (exact) mass is 509 g/mol. The van der Waals surface area contributed by atoms with Crippen LogP contribution in [-0.4, -0.2) is 12.1 Å². The molecule has 1 heterocycles. The molecule has 2 fully saturated rings. The van der Waals surface area contributed by atoms with Crippen molar-refractivity contribution in [2.24, 2.45) is 23.7 Å². The standard InChI is InChI=1S/C33H45F2NO/c1-3-4-5-8-24-11-16-27(17-12-24)28-18-13-25(14-19-28)9-6-7-10-26-15-21-30(36-23-26)29-20-22-31(37-2)33(35)32(29)34/h6,9,15,20-25,27-28H,3-5,7-8,10-14,16-19H2,1-2H3/b9-6+. The van der Waals surface area contributed by atoms with Crippen LogP contribution in [0.1, 0.15) is 96.0 Å². The number of methoxy groups -OCH3 is 1. The number of allylic oxidation sites excluding steroid dienone is 2. The molecule has 2 nitrogen and oxygen atoms in total. The maximum absolute atomic E-state index is 14.4. The van der Waals surface area contributed by atoms with Crippen LogP contribution in [0.2, 0.25) is 0 Å². The first-order chi connectivity index (χ1) is 18.1. The molecule has 202 valence electrons. The zero-order valence-electron chi connectivity index (χ0n) is 22.9. The van der Waals surface area contributed by atoms with Gasteiger partial charge in [0.15, 0.2) is 11.6 Å². The van der Waals surface area contributed by atoms with Crippen LogP contribution >= 0.6 is 0 Å². The molecule has 37 heavy (non-hydrogen) atoms. The van der Waals surface area contributed by atoms with E-state index in [0.29, 0.717) is 5.69 Å². The Morgan fingerprint density at radius 3 is 2.27 bits per heavy atom. The second-order valence-corrected chi connectivity index (χ2v) is 11.4. The number of hydrogen-bond acceptors (Lipinski definition) is 2. The van der Waals surface area contributed by atoms with Gasteiger partial charge in [0.1, 0.15) is 0 Å². The first-order valence-electron chi connectivity index (χ1n) is 14.7. The Morgan fingerprint density at radius 1 is 0.892 bits per heavy atom. The van der Waals surface area contributed by atoms with E-state index >= 15 is 0 Å². The Hall–Kier alpha value is -2.23.